The van der Waals surface area contributed by atoms with Gasteiger partial charge in [0, 0.05) is 29.9 Å². The topological polar surface area (TPSA) is 50.9 Å². The van der Waals surface area contributed by atoms with Crippen LogP contribution in [0.2, 0.25) is 0 Å². The zero-order chi connectivity index (χ0) is 13.8. The van der Waals surface area contributed by atoms with Gasteiger partial charge in [0.2, 0.25) is 0 Å². The largest absolute Gasteiger partial charge is 0.389 e. The maximum Gasteiger partial charge on any atom is 0.131 e. The van der Waals surface area contributed by atoms with Crippen LogP contribution in [0.4, 0.5) is 14.5 Å². The Kier molecular flexibility index (Phi) is 4.01. The van der Waals surface area contributed by atoms with Crippen molar-refractivity contribution in [1.29, 1.82) is 0 Å². The number of anilines is 1. The Morgan fingerprint density at radius 3 is 2.79 bits per heavy atom. The molecular weight excluding hydrogens is 268 g/mol. The van der Waals surface area contributed by atoms with Crippen LogP contribution < -0.4 is 11.1 Å². The maximum atomic E-state index is 13.5. The molecule has 0 atom stereocenters. The fraction of sp³-hybridized carbons (Fsp3) is 0.0769. The van der Waals surface area contributed by atoms with E-state index in [2.05, 4.69) is 10.3 Å². The van der Waals surface area contributed by atoms with Crippen molar-refractivity contribution < 1.29 is 8.78 Å². The normalized spacial score (nSPS) is 10.2. The van der Waals surface area contributed by atoms with E-state index in [1.807, 2.05) is 0 Å². The second-order valence-corrected chi connectivity index (χ2v) is 4.31. The van der Waals surface area contributed by atoms with Crippen LogP contribution in [0.3, 0.4) is 0 Å². The summed E-state index contributed by atoms with van der Waals surface area (Å²) in [4.78, 5) is 4.17. The van der Waals surface area contributed by atoms with Crippen molar-refractivity contribution in [3.63, 3.8) is 0 Å². The molecule has 0 aliphatic heterocycles. The fourth-order valence-electron chi connectivity index (χ4n) is 1.61. The lowest BCUT2D eigenvalue weighted by Crippen LogP contribution is -2.13. The number of hydrogen-bond acceptors (Lipinski definition) is 3. The van der Waals surface area contributed by atoms with Gasteiger partial charge >= 0.3 is 0 Å². The Morgan fingerprint density at radius 2 is 2.11 bits per heavy atom. The number of nitrogens with one attached hydrogen (secondary N) is 1. The van der Waals surface area contributed by atoms with Gasteiger partial charge in [-0.3, -0.25) is 4.98 Å². The van der Waals surface area contributed by atoms with Crippen LogP contribution in [0.1, 0.15) is 11.1 Å². The van der Waals surface area contributed by atoms with Crippen molar-refractivity contribution in [3.05, 3.63) is 59.4 Å². The molecule has 2 rings (SSSR count). The van der Waals surface area contributed by atoms with E-state index in [1.54, 1.807) is 18.5 Å². The number of nitrogens with two attached hydrogens (primary N) is 1. The summed E-state index contributed by atoms with van der Waals surface area (Å²) in [5.74, 6) is -1.21. The Labute approximate surface area is 114 Å². The van der Waals surface area contributed by atoms with Gasteiger partial charge in [-0.15, -0.1) is 0 Å². The lowest BCUT2D eigenvalue weighted by molar-refractivity contribution is 0.574. The lowest BCUT2D eigenvalue weighted by atomic mass is 10.2. The van der Waals surface area contributed by atoms with E-state index in [0.717, 1.165) is 6.07 Å². The maximum absolute atomic E-state index is 13.5. The highest BCUT2D eigenvalue weighted by Crippen LogP contribution is 2.16. The van der Waals surface area contributed by atoms with Gasteiger partial charge in [0.15, 0.2) is 0 Å². The standard InChI is InChI=1S/C13H11F2N3S/c14-9-2-1-8(11(15)5-9)6-18-12-7-17-4-3-10(12)13(16)19/h1-5,7,18H,6H2,(H2,16,19). The average molecular weight is 279 g/mol. The molecule has 3 N–H and O–H groups in total. The quantitative estimate of drug-likeness (QED) is 0.845. The van der Waals surface area contributed by atoms with Crippen molar-refractivity contribution in [3.8, 4) is 0 Å². The summed E-state index contributed by atoms with van der Waals surface area (Å²) in [6.45, 7) is 0.188. The third-order valence-corrected chi connectivity index (χ3v) is 2.79. The van der Waals surface area contributed by atoms with Crippen LogP contribution in [0.25, 0.3) is 0 Å². The van der Waals surface area contributed by atoms with Crippen molar-refractivity contribution in [2.75, 3.05) is 5.32 Å². The fourth-order valence-corrected chi connectivity index (χ4v) is 1.78. The molecule has 0 amide bonds. The van der Waals surface area contributed by atoms with Crippen LogP contribution in [-0.4, -0.2) is 9.97 Å². The summed E-state index contributed by atoms with van der Waals surface area (Å²) in [7, 11) is 0. The number of hydrogen-bond donors (Lipinski definition) is 2. The van der Waals surface area contributed by atoms with E-state index in [4.69, 9.17) is 18.0 Å². The smallest absolute Gasteiger partial charge is 0.131 e. The molecule has 0 aliphatic carbocycles. The van der Waals surface area contributed by atoms with Crippen molar-refractivity contribution in [2.24, 2.45) is 5.73 Å². The molecule has 3 nitrogen and oxygen atoms in total. The number of benzene rings is 1. The molecular formula is C13H11F2N3S. The number of aromatic nitrogens is 1. The molecule has 0 bridgehead atoms. The molecule has 1 aromatic heterocycles. The second-order valence-electron chi connectivity index (χ2n) is 3.87. The molecule has 0 aliphatic rings. The van der Waals surface area contributed by atoms with Gasteiger partial charge in [0.25, 0.3) is 0 Å². The summed E-state index contributed by atoms with van der Waals surface area (Å²) in [6, 6.07) is 5.10. The van der Waals surface area contributed by atoms with Crippen LogP contribution in [-0.2, 0) is 6.54 Å². The van der Waals surface area contributed by atoms with Gasteiger partial charge < -0.3 is 11.1 Å². The molecule has 1 aromatic carbocycles. The van der Waals surface area contributed by atoms with E-state index in [9.17, 15) is 8.78 Å². The molecule has 6 heteroatoms. The summed E-state index contributed by atoms with van der Waals surface area (Å²) in [6.07, 6.45) is 3.12. The molecule has 0 fully saturated rings. The van der Waals surface area contributed by atoms with Gasteiger partial charge in [-0.2, -0.15) is 0 Å². The molecule has 2 aromatic rings. The van der Waals surface area contributed by atoms with E-state index < -0.39 is 11.6 Å². The molecule has 0 unspecified atom stereocenters. The van der Waals surface area contributed by atoms with E-state index in [0.29, 0.717) is 16.8 Å². The molecule has 1 heterocycles. The molecule has 19 heavy (non-hydrogen) atoms. The Morgan fingerprint density at radius 1 is 1.32 bits per heavy atom. The first-order valence-corrected chi connectivity index (χ1v) is 5.90. The predicted molar refractivity (Wildman–Crippen MR) is 73.8 cm³/mol. The zero-order valence-electron chi connectivity index (χ0n) is 9.86. The van der Waals surface area contributed by atoms with Gasteiger partial charge in [0.1, 0.15) is 16.6 Å². The van der Waals surface area contributed by atoms with E-state index >= 15 is 0 Å². The van der Waals surface area contributed by atoms with Crippen LogP contribution in [0, 0.1) is 11.6 Å². The summed E-state index contributed by atoms with van der Waals surface area (Å²) in [5, 5.41) is 2.98. The highest BCUT2D eigenvalue weighted by Gasteiger charge is 2.07. The molecule has 0 saturated carbocycles. The SMILES string of the molecule is NC(=S)c1ccncc1NCc1ccc(F)cc1F. The van der Waals surface area contributed by atoms with Crippen molar-refractivity contribution in [2.45, 2.75) is 6.54 Å². The van der Waals surface area contributed by atoms with Gasteiger partial charge in [-0.05, 0) is 12.1 Å². The number of pyridine rings is 1. The Bertz CT molecular complexity index is 617. The van der Waals surface area contributed by atoms with E-state index in [1.165, 1.54) is 12.1 Å². The first-order chi connectivity index (χ1) is 9.08. The summed E-state index contributed by atoms with van der Waals surface area (Å²) >= 11 is 4.91. The van der Waals surface area contributed by atoms with Gasteiger partial charge in [-0.25, -0.2) is 8.78 Å². The van der Waals surface area contributed by atoms with E-state index in [-0.39, 0.29) is 11.5 Å². The highest BCUT2D eigenvalue weighted by molar-refractivity contribution is 7.80. The predicted octanol–water partition coefficient (Wildman–Crippen LogP) is 2.61. The second kappa shape index (κ2) is 5.71. The zero-order valence-corrected chi connectivity index (χ0v) is 10.7. The number of thiocarbonyl (C=S) groups is 1. The number of rotatable bonds is 4. The molecule has 0 spiro atoms. The number of nitrogens with zero attached hydrogens (tertiary/aromatic N) is 1. The summed E-state index contributed by atoms with van der Waals surface area (Å²) < 4.78 is 26.2. The number of halogens is 2. The van der Waals surface area contributed by atoms with Crippen molar-refractivity contribution in [1.82, 2.24) is 4.98 Å². The minimum atomic E-state index is -0.605. The Hall–Kier alpha value is -2.08. The van der Waals surface area contributed by atoms with Crippen molar-refractivity contribution >= 4 is 22.9 Å². The first kappa shape index (κ1) is 13.4. The summed E-state index contributed by atoms with van der Waals surface area (Å²) in [5.41, 5.74) is 7.16. The third-order valence-electron chi connectivity index (χ3n) is 2.57. The third kappa shape index (κ3) is 3.23. The van der Waals surface area contributed by atoms with Gasteiger partial charge in [-0.1, -0.05) is 18.3 Å². The monoisotopic (exact) mass is 279 g/mol. The lowest BCUT2D eigenvalue weighted by Gasteiger charge is -2.11. The first-order valence-electron chi connectivity index (χ1n) is 5.49. The van der Waals surface area contributed by atoms with Crippen LogP contribution in [0.5, 0.6) is 0 Å². The highest BCUT2D eigenvalue weighted by atomic mass is 32.1. The average Bonchev–Trinajstić information content (AvgIpc) is 2.38. The molecule has 0 radical (unpaired) electrons. The van der Waals surface area contributed by atoms with Crippen LogP contribution >= 0.6 is 12.2 Å². The van der Waals surface area contributed by atoms with Gasteiger partial charge in [0.05, 0.1) is 11.9 Å². The minimum absolute atomic E-state index is 0.188. The molecule has 98 valence electrons. The minimum Gasteiger partial charge on any atom is -0.389 e. The Balaban J connectivity index is 2.17. The van der Waals surface area contributed by atoms with Crippen LogP contribution in [0.15, 0.2) is 36.7 Å². The molecule has 0 saturated heterocycles.